The van der Waals surface area contributed by atoms with Gasteiger partial charge in [-0.1, -0.05) is 24.3 Å². The van der Waals surface area contributed by atoms with Crippen LogP contribution in [0.4, 0.5) is 8.78 Å². The first kappa shape index (κ1) is 10.6. The smallest absolute Gasteiger partial charge is 0.242 e. The minimum absolute atomic E-state index is 0.113. The normalized spacial score (nSPS) is 18.1. The van der Waals surface area contributed by atoms with Crippen molar-refractivity contribution in [2.45, 2.75) is 37.6 Å². The summed E-state index contributed by atoms with van der Waals surface area (Å²) in [6, 6.07) is 7.37. The third-order valence-corrected chi connectivity index (χ3v) is 2.93. The summed E-state index contributed by atoms with van der Waals surface area (Å²) in [5.74, 6) is 0. The van der Waals surface area contributed by atoms with E-state index in [0.717, 1.165) is 30.4 Å². The first-order valence-electron chi connectivity index (χ1n) is 5.23. The van der Waals surface area contributed by atoms with E-state index in [4.69, 9.17) is 5.73 Å². The molecular formula is C12H15F2N. The molecule has 0 aromatic heterocycles. The van der Waals surface area contributed by atoms with Crippen LogP contribution < -0.4 is 5.73 Å². The summed E-state index contributed by atoms with van der Waals surface area (Å²) in [6.07, 6.45) is 0.313. The summed E-state index contributed by atoms with van der Waals surface area (Å²) >= 11 is 0. The molecule has 1 aromatic rings. The molecule has 1 saturated carbocycles. The van der Waals surface area contributed by atoms with Crippen molar-refractivity contribution in [3.8, 4) is 0 Å². The van der Waals surface area contributed by atoms with E-state index in [1.54, 1.807) is 12.1 Å². The maximum Gasteiger partial charge on any atom is 0.242 e. The van der Waals surface area contributed by atoms with Crippen LogP contribution in [0.5, 0.6) is 0 Å². The van der Waals surface area contributed by atoms with E-state index in [0.29, 0.717) is 0 Å². The zero-order valence-electron chi connectivity index (χ0n) is 8.55. The lowest BCUT2D eigenvalue weighted by Gasteiger charge is -2.13. The summed E-state index contributed by atoms with van der Waals surface area (Å²) in [7, 11) is 0. The molecule has 1 aromatic carbocycles. The van der Waals surface area contributed by atoms with Crippen molar-refractivity contribution in [1.82, 2.24) is 0 Å². The van der Waals surface area contributed by atoms with E-state index in [1.807, 2.05) is 12.1 Å². The molecule has 1 aliphatic carbocycles. The lowest BCUT2D eigenvalue weighted by atomic mass is 9.97. The van der Waals surface area contributed by atoms with Gasteiger partial charge in [0.1, 0.15) is 0 Å². The Morgan fingerprint density at radius 1 is 1.20 bits per heavy atom. The van der Waals surface area contributed by atoms with Gasteiger partial charge in [0.2, 0.25) is 6.43 Å². The molecule has 0 spiro atoms. The minimum atomic E-state index is -2.28. The molecule has 0 unspecified atom stereocenters. The number of hydrogen-bond donors (Lipinski definition) is 1. The van der Waals surface area contributed by atoms with Crippen LogP contribution in [0.3, 0.4) is 0 Å². The van der Waals surface area contributed by atoms with E-state index in [2.05, 4.69) is 0 Å². The van der Waals surface area contributed by atoms with Gasteiger partial charge in [-0.2, -0.15) is 0 Å². The molecule has 0 saturated heterocycles. The Kier molecular flexibility index (Phi) is 2.74. The Bertz CT molecular complexity index is 345. The highest BCUT2D eigenvalue weighted by molar-refractivity contribution is 5.30. The van der Waals surface area contributed by atoms with Gasteiger partial charge in [-0.3, -0.25) is 0 Å². The van der Waals surface area contributed by atoms with E-state index < -0.39 is 6.43 Å². The fourth-order valence-electron chi connectivity index (χ4n) is 1.81. The first-order valence-corrected chi connectivity index (χ1v) is 5.23. The fraction of sp³-hybridized carbons (Fsp3) is 0.500. The largest absolute Gasteiger partial charge is 0.325 e. The Balaban J connectivity index is 2.14. The SMILES string of the molecule is NC1(Cc2ccccc2CC(F)F)CC1. The monoisotopic (exact) mass is 211 g/mol. The van der Waals surface area contributed by atoms with Gasteiger partial charge in [-0.05, 0) is 30.4 Å². The van der Waals surface area contributed by atoms with E-state index in [-0.39, 0.29) is 12.0 Å². The predicted octanol–water partition coefficient (Wildman–Crippen LogP) is 2.53. The van der Waals surface area contributed by atoms with Crippen LogP contribution in [0.15, 0.2) is 24.3 Å². The number of benzene rings is 1. The molecule has 0 radical (unpaired) electrons. The highest BCUT2D eigenvalue weighted by Gasteiger charge is 2.38. The molecule has 2 rings (SSSR count). The molecule has 1 fully saturated rings. The summed E-state index contributed by atoms with van der Waals surface area (Å²) in [5, 5.41) is 0. The molecule has 1 nitrogen and oxygen atoms in total. The van der Waals surface area contributed by atoms with Gasteiger partial charge in [0.15, 0.2) is 0 Å². The van der Waals surface area contributed by atoms with E-state index in [9.17, 15) is 8.78 Å². The van der Waals surface area contributed by atoms with Crippen molar-refractivity contribution in [3.05, 3.63) is 35.4 Å². The van der Waals surface area contributed by atoms with Crippen molar-refractivity contribution >= 4 is 0 Å². The molecule has 0 atom stereocenters. The molecule has 15 heavy (non-hydrogen) atoms. The van der Waals surface area contributed by atoms with Crippen LogP contribution in [0.2, 0.25) is 0 Å². The lowest BCUT2D eigenvalue weighted by Crippen LogP contribution is -2.25. The van der Waals surface area contributed by atoms with Crippen LogP contribution in [0, 0.1) is 0 Å². The van der Waals surface area contributed by atoms with Gasteiger partial charge in [0, 0.05) is 12.0 Å². The second-order valence-corrected chi connectivity index (χ2v) is 4.40. The molecule has 0 amide bonds. The number of nitrogens with two attached hydrogens (primary N) is 1. The molecule has 0 bridgehead atoms. The second-order valence-electron chi connectivity index (χ2n) is 4.40. The van der Waals surface area contributed by atoms with Crippen molar-refractivity contribution in [3.63, 3.8) is 0 Å². The predicted molar refractivity (Wildman–Crippen MR) is 56.0 cm³/mol. The third kappa shape index (κ3) is 2.75. The summed E-state index contributed by atoms with van der Waals surface area (Å²) < 4.78 is 24.6. The summed E-state index contributed by atoms with van der Waals surface area (Å²) in [5.41, 5.74) is 7.60. The lowest BCUT2D eigenvalue weighted by molar-refractivity contribution is 0.148. The van der Waals surface area contributed by atoms with E-state index in [1.165, 1.54) is 0 Å². The van der Waals surface area contributed by atoms with Crippen LogP contribution >= 0.6 is 0 Å². The maximum atomic E-state index is 12.3. The molecule has 82 valence electrons. The van der Waals surface area contributed by atoms with Crippen molar-refractivity contribution < 1.29 is 8.78 Å². The first-order chi connectivity index (χ1) is 7.09. The zero-order valence-corrected chi connectivity index (χ0v) is 8.55. The number of halogens is 2. The number of rotatable bonds is 4. The molecule has 2 N–H and O–H groups in total. The van der Waals surface area contributed by atoms with Crippen LogP contribution in [-0.2, 0) is 12.8 Å². The maximum absolute atomic E-state index is 12.3. The summed E-state index contributed by atoms with van der Waals surface area (Å²) in [4.78, 5) is 0. The fourth-order valence-corrected chi connectivity index (χ4v) is 1.81. The van der Waals surface area contributed by atoms with Crippen LogP contribution in [0.25, 0.3) is 0 Å². The van der Waals surface area contributed by atoms with E-state index >= 15 is 0 Å². The van der Waals surface area contributed by atoms with Crippen LogP contribution in [-0.4, -0.2) is 12.0 Å². The van der Waals surface area contributed by atoms with Gasteiger partial charge >= 0.3 is 0 Å². The van der Waals surface area contributed by atoms with Gasteiger partial charge in [-0.25, -0.2) is 8.78 Å². The highest BCUT2D eigenvalue weighted by atomic mass is 19.3. The van der Waals surface area contributed by atoms with Gasteiger partial charge in [-0.15, -0.1) is 0 Å². The molecule has 0 aliphatic heterocycles. The molecule has 1 aliphatic rings. The Morgan fingerprint density at radius 3 is 2.33 bits per heavy atom. The summed E-state index contributed by atoms with van der Waals surface area (Å²) in [6.45, 7) is 0. The van der Waals surface area contributed by atoms with Gasteiger partial charge in [0.05, 0.1) is 0 Å². The average molecular weight is 211 g/mol. The van der Waals surface area contributed by atoms with Gasteiger partial charge < -0.3 is 5.73 Å². The Morgan fingerprint density at radius 2 is 1.80 bits per heavy atom. The number of hydrogen-bond acceptors (Lipinski definition) is 1. The topological polar surface area (TPSA) is 26.0 Å². The highest BCUT2D eigenvalue weighted by Crippen LogP contribution is 2.36. The van der Waals surface area contributed by atoms with Crippen molar-refractivity contribution in [1.29, 1.82) is 0 Å². The molecular weight excluding hydrogens is 196 g/mol. The van der Waals surface area contributed by atoms with Crippen molar-refractivity contribution in [2.24, 2.45) is 5.73 Å². The molecule has 3 heteroatoms. The number of alkyl halides is 2. The Hall–Kier alpha value is -0.960. The average Bonchev–Trinajstić information content (AvgIpc) is 2.86. The second kappa shape index (κ2) is 3.89. The third-order valence-electron chi connectivity index (χ3n) is 2.93. The zero-order chi connectivity index (χ0) is 10.9. The quantitative estimate of drug-likeness (QED) is 0.813. The van der Waals surface area contributed by atoms with Gasteiger partial charge in [0.25, 0.3) is 0 Å². The molecule has 0 heterocycles. The standard InChI is InChI=1S/C12H15F2N/c13-11(14)7-9-3-1-2-4-10(9)8-12(15)5-6-12/h1-4,11H,5-8,15H2. The Labute approximate surface area is 88.3 Å². The van der Waals surface area contributed by atoms with Crippen LogP contribution in [0.1, 0.15) is 24.0 Å². The minimum Gasteiger partial charge on any atom is -0.325 e. The van der Waals surface area contributed by atoms with Crippen molar-refractivity contribution in [2.75, 3.05) is 0 Å².